The van der Waals surface area contributed by atoms with Crippen molar-refractivity contribution < 1.29 is 9.84 Å². The SMILES string of the molecule is C=CCOc1cccc(Br)c1.C=CCc1c(O)cccc1Br. The minimum Gasteiger partial charge on any atom is -0.508 e. The fraction of sp³-hybridized carbons (Fsp3) is 0.111. The molecule has 116 valence electrons. The lowest BCUT2D eigenvalue weighted by atomic mass is 10.1. The van der Waals surface area contributed by atoms with Gasteiger partial charge in [0, 0.05) is 14.5 Å². The Morgan fingerprint density at radius 3 is 2.36 bits per heavy atom. The molecule has 0 atom stereocenters. The number of benzene rings is 2. The molecule has 2 aromatic carbocycles. The molecule has 0 unspecified atom stereocenters. The van der Waals surface area contributed by atoms with E-state index in [1.165, 1.54) is 0 Å². The van der Waals surface area contributed by atoms with Crippen LogP contribution in [0.2, 0.25) is 0 Å². The third-order valence-corrected chi connectivity index (χ3v) is 3.84. The van der Waals surface area contributed by atoms with Crippen LogP contribution in [0, 0.1) is 0 Å². The Bertz CT molecular complexity index is 604. The van der Waals surface area contributed by atoms with E-state index in [1.807, 2.05) is 30.3 Å². The van der Waals surface area contributed by atoms with Gasteiger partial charge in [-0.3, -0.25) is 0 Å². The van der Waals surface area contributed by atoms with Gasteiger partial charge in [-0.05, 0) is 36.8 Å². The maximum Gasteiger partial charge on any atom is 0.120 e. The molecule has 0 aliphatic rings. The van der Waals surface area contributed by atoms with Crippen molar-refractivity contribution in [1.82, 2.24) is 0 Å². The Balaban J connectivity index is 0.000000220. The molecule has 0 radical (unpaired) electrons. The molecular weight excluding hydrogens is 408 g/mol. The minimum absolute atomic E-state index is 0.319. The second kappa shape index (κ2) is 10.2. The lowest BCUT2D eigenvalue weighted by Crippen LogP contribution is -1.91. The average Bonchev–Trinajstić information content (AvgIpc) is 2.50. The van der Waals surface area contributed by atoms with Gasteiger partial charge in [0.05, 0.1) is 0 Å². The van der Waals surface area contributed by atoms with Crippen LogP contribution in [0.1, 0.15) is 5.56 Å². The van der Waals surface area contributed by atoms with Gasteiger partial charge in [0.2, 0.25) is 0 Å². The van der Waals surface area contributed by atoms with Crippen LogP contribution in [0.15, 0.2) is 76.7 Å². The van der Waals surface area contributed by atoms with Gasteiger partial charge in [0.1, 0.15) is 18.1 Å². The van der Waals surface area contributed by atoms with Crippen LogP contribution in [0.25, 0.3) is 0 Å². The second-order valence-corrected chi connectivity index (χ2v) is 6.06. The van der Waals surface area contributed by atoms with E-state index in [0.717, 1.165) is 20.3 Å². The highest BCUT2D eigenvalue weighted by Crippen LogP contribution is 2.25. The van der Waals surface area contributed by atoms with E-state index in [-0.39, 0.29) is 0 Å². The monoisotopic (exact) mass is 424 g/mol. The van der Waals surface area contributed by atoms with Crippen molar-refractivity contribution in [3.63, 3.8) is 0 Å². The number of ether oxygens (including phenoxy) is 1. The summed E-state index contributed by atoms with van der Waals surface area (Å²) in [6.45, 7) is 7.72. The number of allylic oxidation sites excluding steroid dienone is 1. The normalized spacial score (nSPS) is 9.36. The Morgan fingerprint density at radius 1 is 1.05 bits per heavy atom. The first kappa shape index (κ1) is 18.5. The van der Waals surface area contributed by atoms with E-state index >= 15 is 0 Å². The molecule has 0 bridgehead atoms. The standard InChI is InChI=1S/2C9H9BrO/c1-2-6-11-9-5-3-4-8(10)7-9;1-2-4-7-8(10)5-3-6-9(7)11/h2-5,7H,1,6H2;2-3,5-6,11H,1,4H2. The maximum atomic E-state index is 9.34. The Labute approximate surface area is 148 Å². The minimum atomic E-state index is 0.319. The smallest absolute Gasteiger partial charge is 0.120 e. The van der Waals surface area contributed by atoms with Crippen molar-refractivity contribution in [2.45, 2.75) is 6.42 Å². The Kier molecular flexibility index (Phi) is 8.63. The lowest BCUT2D eigenvalue weighted by Gasteiger charge is -2.02. The number of phenolic OH excluding ortho intramolecular Hbond substituents is 1. The topological polar surface area (TPSA) is 29.5 Å². The van der Waals surface area contributed by atoms with Crippen molar-refractivity contribution in [1.29, 1.82) is 0 Å². The summed E-state index contributed by atoms with van der Waals surface area (Å²) in [6, 6.07) is 13.1. The molecule has 0 heterocycles. The summed E-state index contributed by atoms with van der Waals surface area (Å²) < 4.78 is 7.24. The van der Waals surface area contributed by atoms with Gasteiger partial charge in [0.15, 0.2) is 0 Å². The van der Waals surface area contributed by atoms with Gasteiger partial charge in [-0.25, -0.2) is 0 Å². The summed E-state index contributed by atoms with van der Waals surface area (Å²) in [5.41, 5.74) is 0.891. The molecule has 0 spiro atoms. The first-order chi connectivity index (χ1) is 10.6. The summed E-state index contributed by atoms with van der Waals surface area (Å²) in [4.78, 5) is 0. The van der Waals surface area contributed by atoms with Crippen LogP contribution in [0.3, 0.4) is 0 Å². The molecule has 1 N–H and O–H groups in total. The highest BCUT2D eigenvalue weighted by Gasteiger charge is 2.01. The molecule has 2 rings (SSSR count). The molecule has 0 saturated carbocycles. The van der Waals surface area contributed by atoms with Gasteiger partial charge in [-0.2, -0.15) is 0 Å². The van der Waals surface area contributed by atoms with E-state index in [4.69, 9.17) is 4.74 Å². The zero-order valence-electron chi connectivity index (χ0n) is 12.1. The van der Waals surface area contributed by atoms with Crippen molar-refractivity contribution in [2.75, 3.05) is 6.61 Å². The van der Waals surface area contributed by atoms with E-state index in [2.05, 4.69) is 45.0 Å². The van der Waals surface area contributed by atoms with Gasteiger partial charge in [-0.1, -0.05) is 62.7 Å². The molecule has 0 aromatic heterocycles. The lowest BCUT2D eigenvalue weighted by molar-refractivity contribution is 0.363. The number of rotatable bonds is 5. The largest absolute Gasteiger partial charge is 0.508 e. The zero-order valence-corrected chi connectivity index (χ0v) is 15.3. The van der Waals surface area contributed by atoms with Crippen molar-refractivity contribution in [2.24, 2.45) is 0 Å². The van der Waals surface area contributed by atoms with Crippen LogP contribution < -0.4 is 4.74 Å². The molecule has 0 saturated heterocycles. The van der Waals surface area contributed by atoms with Gasteiger partial charge in [0.25, 0.3) is 0 Å². The highest BCUT2D eigenvalue weighted by atomic mass is 79.9. The molecule has 22 heavy (non-hydrogen) atoms. The molecular formula is C18H18Br2O2. The Hall–Kier alpha value is -1.52. The second-order valence-electron chi connectivity index (χ2n) is 4.29. The van der Waals surface area contributed by atoms with Crippen LogP contribution in [0.4, 0.5) is 0 Å². The molecule has 0 fully saturated rings. The van der Waals surface area contributed by atoms with E-state index < -0.39 is 0 Å². The van der Waals surface area contributed by atoms with Gasteiger partial charge < -0.3 is 9.84 Å². The molecule has 0 aliphatic heterocycles. The van der Waals surface area contributed by atoms with E-state index in [1.54, 1.807) is 24.3 Å². The predicted molar refractivity (Wildman–Crippen MR) is 99.5 cm³/mol. The molecule has 4 heteroatoms. The quantitative estimate of drug-likeness (QED) is 0.604. The predicted octanol–water partition coefficient (Wildman–Crippen LogP) is 5.90. The van der Waals surface area contributed by atoms with Crippen molar-refractivity contribution in [3.8, 4) is 11.5 Å². The number of halogens is 2. The van der Waals surface area contributed by atoms with Gasteiger partial charge >= 0.3 is 0 Å². The van der Waals surface area contributed by atoms with Crippen molar-refractivity contribution >= 4 is 31.9 Å². The van der Waals surface area contributed by atoms with E-state index in [0.29, 0.717) is 18.8 Å². The maximum absolute atomic E-state index is 9.34. The first-order valence-electron chi connectivity index (χ1n) is 6.65. The summed E-state index contributed by atoms with van der Waals surface area (Å²) in [5.74, 6) is 1.18. The third-order valence-electron chi connectivity index (χ3n) is 2.61. The van der Waals surface area contributed by atoms with Crippen LogP contribution >= 0.6 is 31.9 Å². The summed E-state index contributed by atoms with van der Waals surface area (Å²) in [7, 11) is 0. The number of phenols is 1. The first-order valence-corrected chi connectivity index (χ1v) is 8.23. The zero-order chi connectivity index (χ0) is 16.4. The molecule has 0 aliphatic carbocycles. The summed E-state index contributed by atoms with van der Waals surface area (Å²) in [5, 5.41) is 9.34. The molecule has 2 nitrogen and oxygen atoms in total. The summed E-state index contributed by atoms with van der Waals surface area (Å²) >= 11 is 6.69. The van der Waals surface area contributed by atoms with Crippen molar-refractivity contribution in [3.05, 3.63) is 82.3 Å². The van der Waals surface area contributed by atoms with Crippen LogP contribution in [-0.2, 0) is 6.42 Å². The van der Waals surface area contributed by atoms with Gasteiger partial charge in [-0.15, -0.1) is 6.58 Å². The fourth-order valence-electron chi connectivity index (χ4n) is 1.61. The van der Waals surface area contributed by atoms with Crippen LogP contribution in [-0.4, -0.2) is 11.7 Å². The molecule has 2 aromatic rings. The number of hydrogen-bond acceptors (Lipinski definition) is 2. The molecule has 0 amide bonds. The number of hydrogen-bond donors (Lipinski definition) is 1. The fourth-order valence-corrected chi connectivity index (χ4v) is 2.50. The summed E-state index contributed by atoms with van der Waals surface area (Å²) in [6.07, 6.45) is 4.17. The number of aromatic hydroxyl groups is 1. The highest BCUT2D eigenvalue weighted by molar-refractivity contribution is 9.10. The van der Waals surface area contributed by atoms with E-state index in [9.17, 15) is 5.11 Å². The average molecular weight is 426 g/mol. The third kappa shape index (κ3) is 6.50. The Morgan fingerprint density at radius 2 is 1.77 bits per heavy atom. The van der Waals surface area contributed by atoms with Crippen LogP contribution in [0.5, 0.6) is 11.5 Å².